The quantitative estimate of drug-likeness (QED) is 0.730. The molecule has 0 atom stereocenters. The van der Waals surface area contributed by atoms with Crippen molar-refractivity contribution >= 4 is 10.9 Å². The summed E-state index contributed by atoms with van der Waals surface area (Å²) < 4.78 is 0. The Kier molecular flexibility index (Phi) is 4.17. The standard InChI is InChI=1S/C7H6N2.C5H12.H2/c1-3-8-5-7-6(1)2-4-9-7;1-4-5(2)3;/h1-5,9H;5H,4H2,1-3H3;1H. The fourth-order valence-corrected chi connectivity index (χ4v) is 0.892. The summed E-state index contributed by atoms with van der Waals surface area (Å²) in [5.74, 6) is 0.884. The first-order valence-corrected chi connectivity index (χ1v) is 5.11. The molecule has 0 unspecified atom stereocenters. The van der Waals surface area contributed by atoms with Crippen LogP contribution in [0.15, 0.2) is 30.7 Å². The minimum absolute atomic E-state index is 0. The number of pyridine rings is 1. The maximum Gasteiger partial charge on any atom is 0.0640 e. The molecule has 0 saturated carbocycles. The molecule has 14 heavy (non-hydrogen) atoms. The summed E-state index contributed by atoms with van der Waals surface area (Å²) in [5.41, 5.74) is 1.09. The van der Waals surface area contributed by atoms with Crippen molar-refractivity contribution in [3.8, 4) is 0 Å². The molecule has 2 heterocycles. The average Bonchev–Trinajstić information content (AvgIpc) is 2.66. The number of aromatic nitrogens is 2. The Balaban J connectivity index is 0.000000289. The van der Waals surface area contributed by atoms with Crippen molar-refractivity contribution in [3.05, 3.63) is 30.7 Å². The third-order valence-electron chi connectivity index (χ3n) is 2.17. The van der Waals surface area contributed by atoms with E-state index in [1.807, 2.05) is 24.5 Å². The maximum absolute atomic E-state index is 3.95. The summed E-state index contributed by atoms with van der Waals surface area (Å²) in [7, 11) is 0. The Bertz CT molecular complexity index is 338. The van der Waals surface area contributed by atoms with Crippen LogP contribution in [0.25, 0.3) is 10.9 Å². The summed E-state index contributed by atoms with van der Waals surface area (Å²) in [6.45, 7) is 6.64. The van der Waals surface area contributed by atoms with Crippen molar-refractivity contribution in [2.45, 2.75) is 27.2 Å². The minimum Gasteiger partial charge on any atom is -0.360 e. The monoisotopic (exact) mass is 192 g/mol. The molecule has 0 fully saturated rings. The topological polar surface area (TPSA) is 28.7 Å². The number of nitrogens with one attached hydrogen (secondary N) is 1. The van der Waals surface area contributed by atoms with E-state index in [0.29, 0.717) is 0 Å². The number of H-pyrrole nitrogens is 1. The van der Waals surface area contributed by atoms with E-state index in [4.69, 9.17) is 0 Å². The average molecular weight is 192 g/mol. The summed E-state index contributed by atoms with van der Waals surface area (Å²) in [6, 6.07) is 4.00. The summed E-state index contributed by atoms with van der Waals surface area (Å²) in [5, 5.41) is 1.21. The van der Waals surface area contributed by atoms with Gasteiger partial charge in [-0.1, -0.05) is 27.2 Å². The lowest BCUT2D eigenvalue weighted by atomic mass is 10.2. The lowest BCUT2D eigenvalue weighted by Crippen LogP contribution is -1.77. The van der Waals surface area contributed by atoms with Crippen LogP contribution in [0.1, 0.15) is 28.6 Å². The zero-order chi connectivity index (χ0) is 10.4. The molecule has 0 saturated heterocycles. The van der Waals surface area contributed by atoms with Crippen LogP contribution in [-0.4, -0.2) is 9.97 Å². The smallest absolute Gasteiger partial charge is 0.0640 e. The summed E-state index contributed by atoms with van der Waals surface area (Å²) in [4.78, 5) is 7.01. The second kappa shape index (κ2) is 5.43. The van der Waals surface area contributed by atoms with Gasteiger partial charge in [-0.2, -0.15) is 0 Å². The normalized spacial score (nSPS) is 10.0. The molecular weight excluding hydrogens is 172 g/mol. The zero-order valence-electron chi connectivity index (χ0n) is 9.12. The number of nitrogens with zero attached hydrogens (tertiary/aromatic N) is 1. The van der Waals surface area contributed by atoms with Crippen molar-refractivity contribution in [3.63, 3.8) is 0 Å². The van der Waals surface area contributed by atoms with Crippen molar-refractivity contribution in [1.82, 2.24) is 9.97 Å². The van der Waals surface area contributed by atoms with Gasteiger partial charge < -0.3 is 4.98 Å². The number of aromatic amines is 1. The number of fused-ring (bicyclic) bond motifs is 1. The Morgan fingerprint density at radius 2 is 2.14 bits per heavy atom. The highest BCUT2D eigenvalue weighted by molar-refractivity contribution is 5.77. The Morgan fingerprint density at radius 3 is 2.71 bits per heavy atom. The highest BCUT2D eigenvalue weighted by atomic mass is 14.7. The third-order valence-corrected chi connectivity index (χ3v) is 2.17. The van der Waals surface area contributed by atoms with Gasteiger partial charge in [0.1, 0.15) is 0 Å². The van der Waals surface area contributed by atoms with Crippen LogP contribution in [0, 0.1) is 5.92 Å². The molecule has 0 spiro atoms. The first-order chi connectivity index (χ1) is 6.74. The van der Waals surface area contributed by atoms with E-state index in [9.17, 15) is 0 Å². The molecule has 0 aromatic carbocycles. The van der Waals surface area contributed by atoms with Gasteiger partial charge in [-0.05, 0) is 18.1 Å². The second-order valence-electron chi connectivity index (χ2n) is 3.74. The molecule has 0 aliphatic heterocycles. The molecule has 78 valence electrons. The number of rotatable bonds is 1. The van der Waals surface area contributed by atoms with Crippen molar-refractivity contribution < 1.29 is 1.43 Å². The van der Waals surface area contributed by atoms with Gasteiger partial charge in [-0.3, -0.25) is 4.98 Å². The molecule has 0 amide bonds. The Hall–Kier alpha value is -1.31. The number of hydrogen-bond donors (Lipinski definition) is 1. The lowest BCUT2D eigenvalue weighted by Gasteiger charge is -1.90. The van der Waals surface area contributed by atoms with Crippen LogP contribution < -0.4 is 0 Å². The van der Waals surface area contributed by atoms with E-state index >= 15 is 0 Å². The number of hydrogen-bond acceptors (Lipinski definition) is 1. The van der Waals surface area contributed by atoms with Gasteiger partial charge in [0.05, 0.1) is 11.7 Å². The van der Waals surface area contributed by atoms with Crippen LogP contribution in [-0.2, 0) is 0 Å². The lowest BCUT2D eigenvalue weighted by molar-refractivity contribution is 0.626. The molecule has 0 radical (unpaired) electrons. The first-order valence-electron chi connectivity index (χ1n) is 5.11. The second-order valence-corrected chi connectivity index (χ2v) is 3.74. The molecule has 0 aliphatic carbocycles. The van der Waals surface area contributed by atoms with Crippen molar-refractivity contribution in [2.24, 2.45) is 5.92 Å². The largest absolute Gasteiger partial charge is 0.360 e. The fourth-order valence-electron chi connectivity index (χ4n) is 0.892. The molecule has 1 N–H and O–H groups in total. The molecule has 2 aromatic heterocycles. The fraction of sp³-hybridized carbons (Fsp3) is 0.417. The molecular formula is C12H20N2. The van der Waals surface area contributed by atoms with E-state index in [2.05, 4.69) is 30.7 Å². The van der Waals surface area contributed by atoms with Gasteiger partial charge >= 0.3 is 0 Å². The van der Waals surface area contributed by atoms with Crippen LogP contribution in [0.5, 0.6) is 0 Å². The maximum atomic E-state index is 3.95. The van der Waals surface area contributed by atoms with Gasteiger partial charge in [-0.25, -0.2) is 0 Å². The summed E-state index contributed by atoms with van der Waals surface area (Å²) in [6.07, 6.45) is 6.82. The van der Waals surface area contributed by atoms with E-state index < -0.39 is 0 Å². The minimum atomic E-state index is 0. The van der Waals surface area contributed by atoms with Crippen LogP contribution in [0.3, 0.4) is 0 Å². The third kappa shape index (κ3) is 3.21. The molecule has 2 rings (SSSR count). The highest BCUT2D eigenvalue weighted by Crippen LogP contribution is 2.07. The molecule has 2 nitrogen and oxygen atoms in total. The predicted octanol–water partition coefficient (Wildman–Crippen LogP) is 3.86. The Morgan fingerprint density at radius 1 is 1.43 bits per heavy atom. The van der Waals surface area contributed by atoms with Crippen molar-refractivity contribution in [1.29, 1.82) is 0 Å². The zero-order valence-corrected chi connectivity index (χ0v) is 9.12. The van der Waals surface area contributed by atoms with E-state index in [1.54, 1.807) is 6.20 Å². The van der Waals surface area contributed by atoms with Crippen LogP contribution >= 0.6 is 0 Å². The van der Waals surface area contributed by atoms with Crippen molar-refractivity contribution in [2.75, 3.05) is 0 Å². The van der Waals surface area contributed by atoms with Gasteiger partial charge in [0, 0.05) is 19.2 Å². The van der Waals surface area contributed by atoms with E-state index in [1.165, 1.54) is 11.8 Å². The van der Waals surface area contributed by atoms with E-state index in [0.717, 1.165) is 11.4 Å². The molecule has 2 heteroatoms. The predicted molar refractivity (Wildman–Crippen MR) is 63.3 cm³/mol. The SMILES string of the molecule is CCC(C)C.[HH].c1cc2cc[nH]c2cn1. The van der Waals surface area contributed by atoms with Gasteiger partial charge in [0.25, 0.3) is 0 Å². The summed E-state index contributed by atoms with van der Waals surface area (Å²) >= 11 is 0. The first kappa shape index (κ1) is 10.8. The molecule has 2 aromatic rings. The van der Waals surface area contributed by atoms with Gasteiger partial charge in [-0.15, -0.1) is 0 Å². The van der Waals surface area contributed by atoms with Gasteiger partial charge in [0.2, 0.25) is 0 Å². The highest BCUT2D eigenvalue weighted by Gasteiger charge is 1.87. The van der Waals surface area contributed by atoms with Gasteiger partial charge in [0.15, 0.2) is 0 Å². The van der Waals surface area contributed by atoms with Crippen LogP contribution in [0.2, 0.25) is 0 Å². The Labute approximate surface area is 86.9 Å². The van der Waals surface area contributed by atoms with E-state index in [-0.39, 0.29) is 1.43 Å². The molecule has 0 bridgehead atoms. The van der Waals surface area contributed by atoms with Crippen LogP contribution in [0.4, 0.5) is 0 Å². The molecule has 0 aliphatic rings.